The average Bonchev–Trinajstić information content (AvgIpc) is 2.95. The van der Waals surface area contributed by atoms with Crippen LogP contribution < -0.4 is 9.64 Å². The zero-order chi connectivity index (χ0) is 14.7. The van der Waals surface area contributed by atoms with Gasteiger partial charge in [0.15, 0.2) is 0 Å². The first-order valence-corrected chi connectivity index (χ1v) is 6.67. The Bertz CT molecular complexity index is 514. The van der Waals surface area contributed by atoms with Gasteiger partial charge in [-0.25, -0.2) is 0 Å². The second-order valence-electron chi connectivity index (χ2n) is 5.14. The number of hydrogen-bond donors (Lipinski definition) is 1. The number of rotatable bonds is 4. The number of carboxylic acid groups (broad SMARTS) is 1. The van der Waals surface area contributed by atoms with Crippen LogP contribution in [0.25, 0.3) is 0 Å². The SMILES string of the molecule is COc1cccc(N(C)C(=O)[C@@H]2CC[C@H](C(=O)O)C2)c1. The van der Waals surface area contributed by atoms with E-state index in [0.717, 1.165) is 5.69 Å². The topological polar surface area (TPSA) is 66.8 Å². The van der Waals surface area contributed by atoms with Crippen LogP contribution in [0.1, 0.15) is 19.3 Å². The van der Waals surface area contributed by atoms with Crippen molar-refractivity contribution in [1.29, 1.82) is 0 Å². The number of carbonyl (C=O) groups is 2. The molecule has 20 heavy (non-hydrogen) atoms. The molecule has 1 saturated carbocycles. The maximum Gasteiger partial charge on any atom is 0.306 e. The Morgan fingerprint density at radius 3 is 2.60 bits per heavy atom. The minimum absolute atomic E-state index is 0.0259. The van der Waals surface area contributed by atoms with Gasteiger partial charge in [-0.2, -0.15) is 0 Å². The molecule has 0 aliphatic heterocycles. The van der Waals surface area contributed by atoms with E-state index in [0.29, 0.717) is 25.0 Å². The van der Waals surface area contributed by atoms with Gasteiger partial charge >= 0.3 is 5.97 Å². The summed E-state index contributed by atoms with van der Waals surface area (Å²) in [5.41, 5.74) is 0.758. The summed E-state index contributed by atoms with van der Waals surface area (Å²) in [6.07, 6.45) is 1.66. The Hall–Kier alpha value is -2.04. The van der Waals surface area contributed by atoms with E-state index in [1.807, 2.05) is 18.2 Å². The van der Waals surface area contributed by atoms with Crippen LogP contribution in [0.3, 0.4) is 0 Å². The normalized spacial score (nSPS) is 21.5. The van der Waals surface area contributed by atoms with Crippen molar-refractivity contribution < 1.29 is 19.4 Å². The number of ether oxygens (including phenoxy) is 1. The minimum Gasteiger partial charge on any atom is -0.497 e. The molecule has 1 N–H and O–H groups in total. The van der Waals surface area contributed by atoms with Crippen molar-refractivity contribution in [3.05, 3.63) is 24.3 Å². The van der Waals surface area contributed by atoms with Crippen LogP contribution in [0.5, 0.6) is 5.75 Å². The van der Waals surface area contributed by atoms with Gasteiger partial charge in [-0.1, -0.05) is 6.07 Å². The highest BCUT2D eigenvalue weighted by Gasteiger charge is 2.35. The third kappa shape index (κ3) is 2.92. The fourth-order valence-corrected chi connectivity index (χ4v) is 2.65. The maximum absolute atomic E-state index is 12.4. The molecule has 1 fully saturated rings. The lowest BCUT2D eigenvalue weighted by molar-refractivity contribution is -0.141. The van der Waals surface area contributed by atoms with Crippen LogP contribution >= 0.6 is 0 Å². The van der Waals surface area contributed by atoms with Gasteiger partial charge in [-0.15, -0.1) is 0 Å². The molecule has 2 rings (SSSR count). The van der Waals surface area contributed by atoms with Gasteiger partial charge in [-0.3, -0.25) is 9.59 Å². The molecule has 2 atom stereocenters. The number of carbonyl (C=O) groups excluding carboxylic acids is 1. The van der Waals surface area contributed by atoms with E-state index >= 15 is 0 Å². The molecule has 5 heteroatoms. The average molecular weight is 277 g/mol. The lowest BCUT2D eigenvalue weighted by Crippen LogP contribution is -2.32. The summed E-state index contributed by atoms with van der Waals surface area (Å²) < 4.78 is 5.14. The van der Waals surface area contributed by atoms with Crippen LogP contribution in [0.4, 0.5) is 5.69 Å². The molecule has 1 aromatic rings. The lowest BCUT2D eigenvalue weighted by Gasteiger charge is -2.21. The molecule has 0 bridgehead atoms. The van der Waals surface area contributed by atoms with E-state index in [1.54, 1.807) is 25.1 Å². The van der Waals surface area contributed by atoms with Crippen molar-refractivity contribution in [2.75, 3.05) is 19.1 Å². The zero-order valence-corrected chi connectivity index (χ0v) is 11.7. The summed E-state index contributed by atoms with van der Waals surface area (Å²) >= 11 is 0. The van der Waals surface area contributed by atoms with E-state index < -0.39 is 5.97 Å². The Kier molecular flexibility index (Phi) is 4.27. The van der Waals surface area contributed by atoms with Gasteiger partial charge in [0, 0.05) is 24.7 Å². The van der Waals surface area contributed by atoms with Crippen molar-refractivity contribution in [1.82, 2.24) is 0 Å². The highest BCUT2D eigenvalue weighted by atomic mass is 16.5. The molecule has 0 saturated heterocycles. The van der Waals surface area contributed by atoms with E-state index in [2.05, 4.69) is 0 Å². The van der Waals surface area contributed by atoms with Gasteiger partial charge < -0.3 is 14.7 Å². The number of aliphatic carboxylic acids is 1. The molecule has 1 aliphatic carbocycles. The molecule has 0 radical (unpaired) electrons. The van der Waals surface area contributed by atoms with Gasteiger partial charge in [0.1, 0.15) is 5.75 Å². The van der Waals surface area contributed by atoms with Crippen LogP contribution in [0, 0.1) is 11.8 Å². The van der Waals surface area contributed by atoms with Gasteiger partial charge in [0.2, 0.25) is 5.91 Å². The van der Waals surface area contributed by atoms with Crippen LogP contribution in [-0.2, 0) is 9.59 Å². The Balaban J connectivity index is 2.07. The summed E-state index contributed by atoms with van der Waals surface area (Å²) in [4.78, 5) is 24.9. The van der Waals surface area contributed by atoms with Crippen molar-refractivity contribution in [2.45, 2.75) is 19.3 Å². The first-order valence-electron chi connectivity index (χ1n) is 6.67. The highest BCUT2D eigenvalue weighted by Crippen LogP contribution is 2.33. The number of amides is 1. The van der Waals surface area contributed by atoms with E-state index in [1.165, 1.54) is 0 Å². The van der Waals surface area contributed by atoms with Crippen molar-refractivity contribution >= 4 is 17.6 Å². The number of hydrogen-bond acceptors (Lipinski definition) is 3. The van der Waals surface area contributed by atoms with Crippen LogP contribution in [-0.4, -0.2) is 31.1 Å². The summed E-state index contributed by atoms with van der Waals surface area (Å²) in [6.45, 7) is 0. The summed E-state index contributed by atoms with van der Waals surface area (Å²) in [5.74, 6) is -0.724. The predicted octanol–water partition coefficient (Wildman–Crippen LogP) is 2.16. The predicted molar refractivity (Wildman–Crippen MR) is 74.9 cm³/mol. The monoisotopic (exact) mass is 277 g/mol. The fraction of sp³-hybridized carbons (Fsp3) is 0.467. The molecular formula is C15H19NO4. The maximum atomic E-state index is 12.4. The molecule has 108 valence electrons. The molecular weight excluding hydrogens is 258 g/mol. The molecule has 5 nitrogen and oxygen atoms in total. The number of nitrogens with zero attached hydrogens (tertiary/aromatic N) is 1. The number of carboxylic acids is 1. The fourth-order valence-electron chi connectivity index (χ4n) is 2.65. The lowest BCUT2D eigenvalue weighted by atomic mass is 10.0. The van der Waals surface area contributed by atoms with Crippen molar-refractivity contribution in [3.63, 3.8) is 0 Å². The van der Waals surface area contributed by atoms with Gasteiger partial charge in [0.05, 0.1) is 13.0 Å². The first-order chi connectivity index (χ1) is 9.52. The third-order valence-electron chi connectivity index (χ3n) is 3.90. The standard InChI is InChI=1S/C15H19NO4/c1-16(12-4-3-5-13(9-12)20-2)14(17)10-6-7-11(8-10)15(18)19/h3-5,9-11H,6-8H2,1-2H3,(H,18,19)/t10-,11+/m1/s1. The van der Waals surface area contributed by atoms with Crippen molar-refractivity contribution in [2.24, 2.45) is 11.8 Å². The highest BCUT2D eigenvalue weighted by molar-refractivity contribution is 5.95. The molecule has 0 aromatic heterocycles. The molecule has 0 unspecified atom stereocenters. The number of anilines is 1. The Morgan fingerprint density at radius 2 is 2.00 bits per heavy atom. The molecule has 1 amide bonds. The van der Waals surface area contributed by atoms with Crippen molar-refractivity contribution in [3.8, 4) is 5.75 Å². The van der Waals surface area contributed by atoms with E-state index in [-0.39, 0.29) is 17.7 Å². The Labute approximate surface area is 118 Å². The third-order valence-corrected chi connectivity index (χ3v) is 3.90. The first kappa shape index (κ1) is 14.4. The van der Waals surface area contributed by atoms with Gasteiger partial charge in [0.25, 0.3) is 0 Å². The molecule has 1 aliphatic rings. The quantitative estimate of drug-likeness (QED) is 0.915. The smallest absolute Gasteiger partial charge is 0.306 e. The van der Waals surface area contributed by atoms with Crippen LogP contribution in [0.2, 0.25) is 0 Å². The van der Waals surface area contributed by atoms with Gasteiger partial charge in [-0.05, 0) is 31.4 Å². The van der Waals surface area contributed by atoms with Crippen LogP contribution in [0.15, 0.2) is 24.3 Å². The van der Waals surface area contributed by atoms with E-state index in [9.17, 15) is 9.59 Å². The zero-order valence-electron chi connectivity index (χ0n) is 11.7. The number of benzene rings is 1. The summed E-state index contributed by atoms with van der Waals surface area (Å²) in [7, 11) is 3.29. The van der Waals surface area contributed by atoms with E-state index in [4.69, 9.17) is 9.84 Å². The Morgan fingerprint density at radius 1 is 1.30 bits per heavy atom. The summed E-state index contributed by atoms with van der Waals surface area (Å²) in [5, 5.41) is 9.00. The largest absolute Gasteiger partial charge is 0.497 e. The molecule has 1 aromatic carbocycles. The molecule has 0 heterocycles. The minimum atomic E-state index is -0.802. The second kappa shape index (κ2) is 5.94. The molecule has 0 spiro atoms. The second-order valence-corrected chi connectivity index (χ2v) is 5.14. The number of methoxy groups -OCH3 is 1. The summed E-state index contributed by atoms with van der Waals surface area (Å²) in [6, 6.07) is 7.27.